The SMILES string of the molecule is COCC(=O)NC1CN(C(=O)c2ncc(C)cc2O)C1. The number of nitrogens with one attached hydrogen (secondary N) is 1. The number of likely N-dealkylation sites (tertiary alicyclic amines) is 1. The lowest BCUT2D eigenvalue weighted by Gasteiger charge is -2.39. The second-order valence-electron chi connectivity index (χ2n) is 4.79. The number of aryl methyl sites for hydroxylation is 1. The number of methoxy groups -OCH3 is 1. The topological polar surface area (TPSA) is 91.8 Å². The first-order valence-corrected chi connectivity index (χ1v) is 6.24. The zero-order chi connectivity index (χ0) is 14.7. The van der Waals surface area contributed by atoms with Gasteiger partial charge in [-0.3, -0.25) is 9.59 Å². The molecular formula is C13H17N3O4. The minimum Gasteiger partial charge on any atom is -0.505 e. The van der Waals surface area contributed by atoms with E-state index in [1.165, 1.54) is 24.3 Å². The van der Waals surface area contributed by atoms with E-state index in [-0.39, 0.29) is 35.9 Å². The standard InChI is InChI=1S/C13H17N3O4/c1-8-3-10(17)12(14-4-8)13(19)16-5-9(6-16)15-11(18)7-20-2/h3-4,9,17H,5-7H2,1-2H3,(H,15,18). The minimum atomic E-state index is -0.334. The second kappa shape index (κ2) is 5.87. The van der Waals surface area contributed by atoms with Gasteiger partial charge in [0, 0.05) is 26.4 Å². The number of ether oxygens (including phenoxy) is 1. The monoisotopic (exact) mass is 279 g/mol. The van der Waals surface area contributed by atoms with Crippen molar-refractivity contribution in [1.29, 1.82) is 0 Å². The van der Waals surface area contributed by atoms with Crippen LogP contribution in [0.15, 0.2) is 12.3 Å². The maximum atomic E-state index is 12.1. The fraction of sp³-hybridized carbons (Fsp3) is 0.462. The van der Waals surface area contributed by atoms with Crippen molar-refractivity contribution >= 4 is 11.8 Å². The van der Waals surface area contributed by atoms with Crippen LogP contribution in [0.25, 0.3) is 0 Å². The average molecular weight is 279 g/mol. The Kier molecular flexibility index (Phi) is 4.19. The number of rotatable bonds is 4. The largest absolute Gasteiger partial charge is 0.505 e. The first-order valence-electron chi connectivity index (χ1n) is 6.24. The molecule has 0 radical (unpaired) electrons. The summed E-state index contributed by atoms with van der Waals surface area (Å²) in [6.45, 7) is 2.60. The van der Waals surface area contributed by atoms with Gasteiger partial charge < -0.3 is 20.1 Å². The maximum Gasteiger partial charge on any atom is 0.276 e. The molecule has 1 aromatic heterocycles. The first-order chi connectivity index (χ1) is 9.51. The van der Waals surface area contributed by atoms with Crippen LogP contribution in [0.3, 0.4) is 0 Å². The lowest BCUT2D eigenvalue weighted by atomic mass is 10.1. The summed E-state index contributed by atoms with van der Waals surface area (Å²) in [6.07, 6.45) is 1.53. The third kappa shape index (κ3) is 3.05. The van der Waals surface area contributed by atoms with Gasteiger partial charge in [0.15, 0.2) is 5.69 Å². The predicted octanol–water partition coefficient (Wildman–Crippen LogP) is -0.317. The molecule has 0 spiro atoms. The Morgan fingerprint density at radius 3 is 2.85 bits per heavy atom. The van der Waals surface area contributed by atoms with Gasteiger partial charge in [0.2, 0.25) is 5.91 Å². The van der Waals surface area contributed by atoms with E-state index in [0.717, 1.165) is 5.56 Å². The zero-order valence-electron chi connectivity index (χ0n) is 11.4. The van der Waals surface area contributed by atoms with E-state index < -0.39 is 0 Å². The van der Waals surface area contributed by atoms with Crippen LogP contribution >= 0.6 is 0 Å². The molecule has 0 aliphatic carbocycles. The molecule has 2 rings (SSSR count). The van der Waals surface area contributed by atoms with Crippen molar-refractivity contribution in [3.8, 4) is 5.75 Å². The number of hydrogen-bond donors (Lipinski definition) is 2. The number of hydrogen-bond acceptors (Lipinski definition) is 5. The highest BCUT2D eigenvalue weighted by Gasteiger charge is 2.33. The summed E-state index contributed by atoms with van der Waals surface area (Å²) in [5.41, 5.74) is 0.824. The zero-order valence-corrected chi connectivity index (χ0v) is 11.4. The van der Waals surface area contributed by atoms with Crippen molar-refractivity contribution in [1.82, 2.24) is 15.2 Å². The number of aromatic nitrogens is 1. The van der Waals surface area contributed by atoms with E-state index in [1.54, 1.807) is 6.92 Å². The van der Waals surface area contributed by atoms with E-state index in [9.17, 15) is 14.7 Å². The lowest BCUT2D eigenvalue weighted by Crippen LogP contribution is -2.61. The molecule has 20 heavy (non-hydrogen) atoms. The van der Waals surface area contributed by atoms with Crippen LogP contribution in [0.1, 0.15) is 16.1 Å². The maximum absolute atomic E-state index is 12.1. The van der Waals surface area contributed by atoms with Crippen molar-refractivity contribution in [2.75, 3.05) is 26.8 Å². The van der Waals surface area contributed by atoms with E-state index in [1.807, 2.05) is 0 Å². The van der Waals surface area contributed by atoms with Gasteiger partial charge in [-0.25, -0.2) is 4.98 Å². The minimum absolute atomic E-state index is 0.00471. The Bertz CT molecular complexity index is 526. The average Bonchev–Trinajstić information content (AvgIpc) is 2.33. The summed E-state index contributed by atoms with van der Waals surface area (Å²) in [4.78, 5) is 28.8. The van der Waals surface area contributed by atoms with Gasteiger partial charge in [0.25, 0.3) is 5.91 Å². The van der Waals surface area contributed by atoms with Gasteiger partial charge in [0.05, 0.1) is 6.04 Å². The van der Waals surface area contributed by atoms with Crippen molar-refractivity contribution in [2.24, 2.45) is 0 Å². The van der Waals surface area contributed by atoms with Gasteiger partial charge in [-0.1, -0.05) is 0 Å². The molecule has 1 fully saturated rings. The fourth-order valence-electron chi connectivity index (χ4n) is 2.00. The van der Waals surface area contributed by atoms with Gasteiger partial charge in [-0.05, 0) is 18.6 Å². The molecule has 0 bridgehead atoms. The van der Waals surface area contributed by atoms with Crippen molar-refractivity contribution in [3.05, 3.63) is 23.5 Å². The van der Waals surface area contributed by atoms with Gasteiger partial charge in [0.1, 0.15) is 12.4 Å². The summed E-state index contributed by atoms with van der Waals surface area (Å²) >= 11 is 0. The highest BCUT2D eigenvalue weighted by molar-refractivity contribution is 5.95. The van der Waals surface area contributed by atoms with Gasteiger partial charge in [-0.2, -0.15) is 0 Å². The van der Waals surface area contributed by atoms with Crippen molar-refractivity contribution in [2.45, 2.75) is 13.0 Å². The van der Waals surface area contributed by atoms with Crippen LogP contribution in [0.4, 0.5) is 0 Å². The van der Waals surface area contributed by atoms with E-state index in [0.29, 0.717) is 13.1 Å². The van der Waals surface area contributed by atoms with Gasteiger partial charge in [-0.15, -0.1) is 0 Å². The van der Waals surface area contributed by atoms with E-state index in [4.69, 9.17) is 4.74 Å². The van der Waals surface area contributed by atoms with E-state index >= 15 is 0 Å². The number of amides is 2. The molecule has 0 unspecified atom stereocenters. The van der Waals surface area contributed by atoms with Crippen LogP contribution in [-0.4, -0.2) is 59.7 Å². The van der Waals surface area contributed by atoms with Crippen LogP contribution in [0.2, 0.25) is 0 Å². The van der Waals surface area contributed by atoms with Crippen LogP contribution in [0.5, 0.6) is 5.75 Å². The molecular weight excluding hydrogens is 262 g/mol. The molecule has 0 atom stereocenters. The third-order valence-electron chi connectivity index (χ3n) is 3.02. The molecule has 2 N–H and O–H groups in total. The number of aromatic hydroxyl groups is 1. The quantitative estimate of drug-likeness (QED) is 0.788. The van der Waals surface area contributed by atoms with Crippen molar-refractivity contribution < 1.29 is 19.4 Å². The van der Waals surface area contributed by atoms with Crippen LogP contribution in [-0.2, 0) is 9.53 Å². The third-order valence-corrected chi connectivity index (χ3v) is 3.02. The number of pyridine rings is 1. The van der Waals surface area contributed by atoms with Crippen LogP contribution < -0.4 is 5.32 Å². The Morgan fingerprint density at radius 1 is 1.55 bits per heavy atom. The fourth-order valence-corrected chi connectivity index (χ4v) is 2.00. The molecule has 0 saturated carbocycles. The van der Waals surface area contributed by atoms with Crippen LogP contribution in [0, 0.1) is 6.92 Å². The molecule has 1 aromatic rings. The molecule has 0 aromatic carbocycles. The number of carbonyl (C=O) groups excluding carboxylic acids is 2. The molecule has 7 heteroatoms. The first kappa shape index (κ1) is 14.3. The lowest BCUT2D eigenvalue weighted by molar-refractivity contribution is -0.126. The Hall–Kier alpha value is -2.15. The Balaban J connectivity index is 1.89. The molecule has 2 heterocycles. The number of nitrogens with zero attached hydrogens (tertiary/aromatic N) is 2. The van der Waals surface area contributed by atoms with Crippen molar-refractivity contribution in [3.63, 3.8) is 0 Å². The summed E-state index contributed by atoms with van der Waals surface area (Å²) in [5.74, 6) is -0.664. The summed E-state index contributed by atoms with van der Waals surface area (Å²) in [7, 11) is 1.45. The Morgan fingerprint density at radius 2 is 2.25 bits per heavy atom. The number of carbonyl (C=O) groups is 2. The smallest absolute Gasteiger partial charge is 0.276 e. The summed E-state index contributed by atoms with van der Waals surface area (Å²) in [6, 6.07) is 1.42. The molecule has 108 valence electrons. The molecule has 1 saturated heterocycles. The Labute approximate surface area is 116 Å². The summed E-state index contributed by atoms with van der Waals surface area (Å²) in [5, 5.41) is 12.5. The molecule has 1 aliphatic heterocycles. The molecule has 7 nitrogen and oxygen atoms in total. The second-order valence-corrected chi connectivity index (χ2v) is 4.79. The molecule has 2 amide bonds. The van der Waals surface area contributed by atoms with E-state index in [2.05, 4.69) is 10.3 Å². The highest BCUT2D eigenvalue weighted by atomic mass is 16.5. The molecule has 1 aliphatic rings. The summed E-state index contributed by atoms with van der Waals surface area (Å²) < 4.78 is 4.71. The highest BCUT2D eigenvalue weighted by Crippen LogP contribution is 2.20. The van der Waals surface area contributed by atoms with Gasteiger partial charge >= 0.3 is 0 Å². The predicted molar refractivity (Wildman–Crippen MR) is 70.3 cm³/mol. The normalized spacial score (nSPS) is 14.8.